The Labute approximate surface area is 194 Å². The van der Waals surface area contributed by atoms with E-state index in [1.165, 1.54) is 0 Å². The predicted molar refractivity (Wildman–Crippen MR) is 131 cm³/mol. The Balaban J connectivity index is 0.00000274. The fourth-order valence-corrected chi connectivity index (χ4v) is 4.99. The van der Waals surface area contributed by atoms with Gasteiger partial charge in [0.05, 0.1) is 18.3 Å². The maximum absolute atomic E-state index is 13.4. The number of benzene rings is 1. The highest BCUT2D eigenvalue weighted by molar-refractivity contribution is 6.00. The third kappa shape index (κ3) is 3.45. The molecule has 3 aromatic heterocycles. The van der Waals surface area contributed by atoms with Gasteiger partial charge in [-0.25, -0.2) is 9.97 Å². The molecule has 1 aliphatic heterocycles. The molecule has 174 valence electrons. The monoisotopic (exact) mass is 448 g/mol. The van der Waals surface area contributed by atoms with E-state index in [4.69, 9.17) is 15.5 Å². The van der Waals surface area contributed by atoms with E-state index in [0.29, 0.717) is 17.9 Å². The molecule has 0 unspecified atom stereocenters. The Morgan fingerprint density at radius 1 is 1.30 bits per heavy atom. The van der Waals surface area contributed by atoms with Gasteiger partial charge in [0.25, 0.3) is 5.91 Å². The van der Waals surface area contributed by atoms with Gasteiger partial charge in [-0.05, 0) is 57.0 Å². The fourth-order valence-electron chi connectivity index (χ4n) is 4.99. The van der Waals surface area contributed by atoms with Crippen molar-refractivity contribution < 1.29 is 11.0 Å². The summed E-state index contributed by atoms with van der Waals surface area (Å²) in [6, 6.07) is 9.97. The number of fused-ring (bicyclic) bond motifs is 2. The molecule has 0 spiro atoms. The van der Waals surface area contributed by atoms with Gasteiger partial charge in [-0.2, -0.15) is 0 Å². The Morgan fingerprint density at radius 2 is 2.12 bits per heavy atom. The van der Waals surface area contributed by atoms with Crippen LogP contribution in [0.15, 0.2) is 36.5 Å². The highest BCUT2D eigenvalue weighted by Crippen LogP contribution is 2.34. The second-order valence-corrected chi connectivity index (χ2v) is 8.87. The molecule has 1 aliphatic rings. The lowest BCUT2D eigenvalue weighted by atomic mass is 9.99. The summed E-state index contributed by atoms with van der Waals surface area (Å²) < 4.78 is 9.91. The zero-order chi connectivity index (χ0) is 23.3. The summed E-state index contributed by atoms with van der Waals surface area (Å²) in [6.45, 7) is 5.52. The average Bonchev–Trinajstić information content (AvgIpc) is 3.36. The van der Waals surface area contributed by atoms with Gasteiger partial charge in [0.1, 0.15) is 16.9 Å². The molecule has 2 atom stereocenters. The quantitative estimate of drug-likeness (QED) is 0.513. The highest BCUT2D eigenvalue weighted by Gasteiger charge is 2.29. The van der Waals surface area contributed by atoms with E-state index in [9.17, 15) is 4.79 Å². The lowest BCUT2D eigenvalue weighted by Gasteiger charge is -2.36. The standard InChI is InChI=1S/C25H30N6O2.H2/c1-5-30-20(12-16-7-6-10-27-23(16)30)24-28-19-11-17(13-21(33-4)22(19)29(24)3)25(32)31-14-18(26)9-8-15(31)2;/h6-7,10-13,15,18H,5,8-9,14,26H2,1-4H3;1H/t15-,18+;/m1./s1. The van der Waals surface area contributed by atoms with Crippen LogP contribution in [0.25, 0.3) is 33.6 Å². The van der Waals surface area contributed by atoms with Gasteiger partial charge in [-0.3, -0.25) is 4.79 Å². The lowest BCUT2D eigenvalue weighted by Crippen LogP contribution is -2.50. The van der Waals surface area contributed by atoms with Crippen molar-refractivity contribution in [2.45, 2.75) is 45.3 Å². The number of likely N-dealkylation sites (tertiary alicyclic amines) is 1. The number of methoxy groups -OCH3 is 1. The van der Waals surface area contributed by atoms with Gasteiger partial charge in [0.2, 0.25) is 0 Å². The summed E-state index contributed by atoms with van der Waals surface area (Å²) in [5, 5.41) is 1.07. The van der Waals surface area contributed by atoms with E-state index < -0.39 is 0 Å². The van der Waals surface area contributed by atoms with E-state index in [0.717, 1.165) is 53.0 Å². The molecule has 1 fully saturated rings. The van der Waals surface area contributed by atoms with E-state index in [-0.39, 0.29) is 19.4 Å². The summed E-state index contributed by atoms with van der Waals surface area (Å²) in [5.74, 6) is 1.40. The van der Waals surface area contributed by atoms with Crippen molar-refractivity contribution in [3.63, 3.8) is 0 Å². The maximum atomic E-state index is 13.4. The average molecular weight is 449 g/mol. The molecule has 4 aromatic rings. The first-order chi connectivity index (χ1) is 15.9. The number of imidazole rings is 1. The Bertz CT molecular complexity index is 1360. The van der Waals surface area contributed by atoms with Gasteiger partial charge < -0.3 is 24.5 Å². The second kappa shape index (κ2) is 8.19. The molecule has 0 radical (unpaired) electrons. The Morgan fingerprint density at radius 3 is 2.88 bits per heavy atom. The topological polar surface area (TPSA) is 91.2 Å². The number of pyridine rings is 1. The lowest BCUT2D eigenvalue weighted by molar-refractivity contribution is 0.0612. The first-order valence-corrected chi connectivity index (χ1v) is 11.5. The van der Waals surface area contributed by atoms with Crippen LogP contribution in [0.2, 0.25) is 0 Å². The van der Waals surface area contributed by atoms with Crippen LogP contribution in [0.4, 0.5) is 0 Å². The minimum atomic E-state index is -0.0306. The van der Waals surface area contributed by atoms with Crippen LogP contribution in [-0.4, -0.2) is 55.6 Å². The third-order valence-corrected chi connectivity index (χ3v) is 6.78. The number of amides is 1. The summed E-state index contributed by atoms with van der Waals surface area (Å²) >= 11 is 0. The SMILES string of the molecule is CCn1c(-c2nc3cc(C(=O)N4C[C@@H](N)CC[C@H]4C)cc(OC)c3n2C)cc2cccnc21.[HH]. The largest absolute Gasteiger partial charge is 0.494 e. The van der Waals surface area contributed by atoms with Crippen LogP contribution in [0, 0.1) is 0 Å². The van der Waals surface area contributed by atoms with Crippen molar-refractivity contribution in [2.75, 3.05) is 13.7 Å². The number of hydrogen-bond acceptors (Lipinski definition) is 5. The van der Waals surface area contributed by atoms with E-state index in [1.54, 1.807) is 7.11 Å². The number of nitrogens with two attached hydrogens (primary N) is 1. The molecule has 8 nitrogen and oxygen atoms in total. The fraction of sp³-hybridized carbons (Fsp3) is 0.400. The van der Waals surface area contributed by atoms with Crippen molar-refractivity contribution in [3.05, 3.63) is 42.1 Å². The van der Waals surface area contributed by atoms with Crippen molar-refractivity contribution in [2.24, 2.45) is 12.8 Å². The van der Waals surface area contributed by atoms with Crippen LogP contribution in [-0.2, 0) is 13.6 Å². The van der Waals surface area contributed by atoms with E-state index >= 15 is 0 Å². The molecule has 33 heavy (non-hydrogen) atoms. The summed E-state index contributed by atoms with van der Waals surface area (Å²) in [6.07, 6.45) is 3.66. The summed E-state index contributed by atoms with van der Waals surface area (Å²) in [5.41, 5.74) is 10.2. The number of aromatic nitrogens is 4. The van der Waals surface area contributed by atoms with Gasteiger partial charge in [0, 0.05) is 50.8 Å². The molecule has 0 bridgehead atoms. The molecule has 1 saturated heterocycles. The summed E-state index contributed by atoms with van der Waals surface area (Å²) in [7, 11) is 3.60. The first-order valence-electron chi connectivity index (χ1n) is 11.5. The van der Waals surface area contributed by atoms with Gasteiger partial charge in [-0.15, -0.1) is 0 Å². The number of carbonyl (C=O) groups is 1. The van der Waals surface area contributed by atoms with Crippen LogP contribution in [0.1, 0.15) is 38.5 Å². The van der Waals surface area contributed by atoms with Gasteiger partial charge in [0.15, 0.2) is 5.82 Å². The normalized spacial score (nSPS) is 18.9. The molecular weight excluding hydrogens is 416 g/mol. The van der Waals surface area contributed by atoms with Gasteiger partial charge >= 0.3 is 0 Å². The number of aryl methyl sites for hydroxylation is 2. The molecule has 1 amide bonds. The number of rotatable bonds is 4. The smallest absolute Gasteiger partial charge is 0.254 e. The van der Waals surface area contributed by atoms with Crippen molar-refractivity contribution in [1.29, 1.82) is 0 Å². The number of piperidine rings is 1. The molecule has 0 saturated carbocycles. The highest BCUT2D eigenvalue weighted by atomic mass is 16.5. The van der Waals surface area contributed by atoms with Crippen molar-refractivity contribution in [3.8, 4) is 17.3 Å². The van der Waals surface area contributed by atoms with Crippen LogP contribution < -0.4 is 10.5 Å². The molecule has 1 aromatic carbocycles. The first kappa shape index (κ1) is 21.5. The minimum Gasteiger partial charge on any atom is -0.494 e. The molecule has 5 rings (SSSR count). The zero-order valence-corrected chi connectivity index (χ0v) is 19.6. The Kier molecular flexibility index (Phi) is 5.32. The minimum absolute atomic E-state index is 0. The number of ether oxygens (including phenoxy) is 1. The molecule has 4 heterocycles. The van der Waals surface area contributed by atoms with Crippen molar-refractivity contribution >= 4 is 28.0 Å². The number of carbonyl (C=O) groups excluding carboxylic acids is 1. The third-order valence-electron chi connectivity index (χ3n) is 6.78. The van der Waals surface area contributed by atoms with Crippen LogP contribution in [0.5, 0.6) is 5.75 Å². The molecule has 2 N–H and O–H groups in total. The zero-order valence-electron chi connectivity index (χ0n) is 19.6. The van der Waals surface area contributed by atoms with Crippen LogP contribution >= 0.6 is 0 Å². The summed E-state index contributed by atoms with van der Waals surface area (Å²) in [4.78, 5) is 24.8. The van der Waals surface area contributed by atoms with E-state index in [1.807, 2.05) is 40.9 Å². The molecule has 0 aliphatic carbocycles. The second-order valence-electron chi connectivity index (χ2n) is 8.87. The van der Waals surface area contributed by atoms with Crippen molar-refractivity contribution in [1.82, 2.24) is 24.0 Å². The predicted octanol–water partition coefficient (Wildman–Crippen LogP) is 3.82. The Hall–Kier alpha value is -3.39. The number of hydrogen-bond donors (Lipinski definition) is 1. The maximum Gasteiger partial charge on any atom is 0.254 e. The van der Waals surface area contributed by atoms with E-state index in [2.05, 4.69) is 35.5 Å². The molecular formula is C25H32N6O2. The molecule has 8 heteroatoms. The van der Waals surface area contributed by atoms with Gasteiger partial charge in [-0.1, -0.05) is 0 Å². The number of nitrogens with zero attached hydrogens (tertiary/aromatic N) is 5. The van der Waals surface area contributed by atoms with Crippen LogP contribution in [0.3, 0.4) is 0 Å².